The van der Waals surface area contributed by atoms with Gasteiger partial charge in [0.15, 0.2) is 0 Å². The van der Waals surface area contributed by atoms with Crippen LogP contribution in [0.2, 0.25) is 5.02 Å². The first-order valence-electron chi connectivity index (χ1n) is 14.5. The molecule has 1 amide bonds. The van der Waals surface area contributed by atoms with Crippen molar-refractivity contribution < 1.29 is 27.8 Å². The number of hydrogen-bond donors (Lipinski definition) is 2. The SMILES string of the molecule is O=C1NS(=O)(=O)C/C=C/[C@@]2(O)CCO[C@@H](C2)[C@@H]2CC[C@H]2CN2CCCCc3cc(Cl)ccc3COc3ccc1cc32. The van der Waals surface area contributed by atoms with Gasteiger partial charge in [-0.1, -0.05) is 29.8 Å². The Labute approximate surface area is 246 Å². The number of nitrogens with zero attached hydrogens (tertiary/aromatic N) is 1. The Morgan fingerprint density at radius 1 is 1.10 bits per heavy atom. The van der Waals surface area contributed by atoms with Crippen molar-refractivity contribution in [2.45, 2.75) is 63.3 Å². The Morgan fingerprint density at radius 3 is 2.80 bits per heavy atom. The predicted molar refractivity (Wildman–Crippen MR) is 158 cm³/mol. The van der Waals surface area contributed by atoms with E-state index in [9.17, 15) is 18.3 Å². The number of halogens is 1. The van der Waals surface area contributed by atoms with Crippen LogP contribution in [0.5, 0.6) is 5.75 Å². The Morgan fingerprint density at radius 2 is 1.98 bits per heavy atom. The Bertz CT molecular complexity index is 1450. The standard InChI is InChI=1S/C31H37ClN2O6S/c32-25-8-5-24-20-40-28-10-7-22-17-27(28)34(13-2-1-4-21(24)16-25)19-23-6-9-26(23)29-18-31(36,12-14-39-29)11-3-15-41(37,38)33-30(22)35/h3,5,7-8,10-11,16-17,23,26,29,36H,1-2,4,6,9,12-15,18-20H2,(H,33,35)/b11-3+/t23-,26+,29-,31+/m0/s1. The van der Waals surface area contributed by atoms with Gasteiger partial charge in [0.05, 0.1) is 29.8 Å². The molecule has 4 bridgehead atoms. The van der Waals surface area contributed by atoms with Crippen LogP contribution >= 0.6 is 11.6 Å². The lowest BCUT2D eigenvalue weighted by molar-refractivity contribution is -0.125. The van der Waals surface area contributed by atoms with E-state index in [-0.39, 0.29) is 11.7 Å². The summed E-state index contributed by atoms with van der Waals surface area (Å²) in [6.07, 6.45) is 8.65. The number of hydrogen-bond acceptors (Lipinski definition) is 7. The monoisotopic (exact) mass is 600 g/mol. The molecule has 220 valence electrons. The molecule has 1 saturated heterocycles. The maximum atomic E-state index is 13.1. The summed E-state index contributed by atoms with van der Waals surface area (Å²) in [6.45, 7) is 2.31. The molecular formula is C31H37ClN2O6S. The molecular weight excluding hydrogens is 564 g/mol. The fourth-order valence-electron chi connectivity index (χ4n) is 6.63. The summed E-state index contributed by atoms with van der Waals surface area (Å²) >= 11 is 6.30. The Balaban J connectivity index is 1.38. The largest absolute Gasteiger partial charge is 0.487 e. The molecule has 1 aliphatic carbocycles. The minimum absolute atomic E-state index is 0.0911. The number of rotatable bonds is 0. The van der Waals surface area contributed by atoms with Gasteiger partial charge in [-0.2, -0.15) is 0 Å². The maximum absolute atomic E-state index is 13.1. The Hall–Kier alpha value is -2.59. The summed E-state index contributed by atoms with van der Waals surface area (Å²) in [7, 11) is -3.95. The van der Waals surface area contributed by atoms with Gasteiger partial charge in [-0.3, -0.25) is 4.79 Å². The molecule has 0 aromatic heterocycles. The third kappa shape index (κ3) is 6.43. The highest BCUT2D eigenvalue weighted by Gasteiger charge is 2.44. The number of anilines is 1. The second-order valence-electron chi connectivity index (χ2n) is 11.9. The molecule has 6 rings (SSSR count). The molecule has 4 atom stereocenters. The molecule has 3 aliphatic heterocycles. The molecule has 2 aromatic rings. The van der Waals surface area contributed by atoms with Crippen molar-refractivity contribution in [1.82, 2.24) is 4.72 Å². The van der Waals surface area contributed by atoms with Crippen molar-refractivity contribution in [3.05, 3.63) is 70.3 Å². The van der Waals surface area contributed by atoms with E-state index in [0.29, 0.717) is 48.7 Å². The second kappa shape index (κ2) is 11.6. The minimum Gasteiger partial charge on any atom is -0.487 e. The number of carbonyl (C=O) groups is 1. The zero-order valence-electron chi connectivity index (χ0n) is 23.1. The zero-order valence-corrected chi connectivity index (χ0v) is 24.6. The van der Waals surface area contributed by atoms with Crippen LogP contribution in [-0.2, 0) is 27.8 Å². The highest BCUT2D eigenvalue weighted by Crippen LogP contribution is 2.44. The quantitative estimate of drug-likeness (QED) is 0.425. The number of aliphatic hydroxyl groups is 1. The molecule has 2 fully saturated rings. The zero-order chi connectivity index (χ0) is 28.6. The summed E-state index contributed by atoms with van der Waals surface area (Å²) in [5, 5.41) is 12.0. The van der Waals surface area contributed by atoms with Crippen LogP contribution in [0, 0.1) is 11.8 Å². The van der Waals surface area contributed by atoms with Crippen LogP contribution in [0.25, 0.3) is 0 Å². The van der Waals surface area contributed by atoms with Gasteiger partial charge in [-0.05, 0) is 85.4 Å². The number of amides is 1. The number of aryl methyl sites for hydroxylation is 1. The lowest BCUT2D eigenvalue weighted by atomic mass is 9.67. The second-order valence-corrected chi connectivity index (χ2v) is 14.1. The van der Waals surface area contributed by atoms with Crippen molar-refractivity contribution in [3.63, 3.8) is 0 Å². The van der Waals surface area contributed by atoms with Gasteiger partial charge in [0.25, 0.3) is 5.91 Å². The third-order valence-electron chi connectivity index (χ3n) is 9.06. The molecule has 0 unspecified atom stereocenters. The van der Waals surface area contributed by atoms with Crippen LogP contribution in [0.3, 0.4) is 0 Å². The number of ether oxygens (including phenoxy) is 2. The van der Waals surface area contributed by atoms with E-state index in [4.69, 9.17) is 21.1 Å². The lowest BCUT2D eigenvalue weighted by Gasteiger charge is -2.48. The number of fused-ring (bicyclic) bond motifs is 6. The summed E-state index contributed by atoms with van der Waals surface area (Å²) in [4.78, 5) is 15.4. The van der Waals surface area contributed by atoms with E-state index in [1.807, 2.05) is 18.2 Å². The first kappa shape index (κ1) is 28.5. The van der Waals surface area contributed by atoms with Crippen LogP contribution < -0.4 is 14.4 Å². The first-order chi connectivity index (χ1) is 19.7. The van der Waals surface area contributed by atoms with Crippen molar-refractivity contribution in [2.75, 3.05) is 30.3 Å². The summed E-state index contributed by atoms with van der Waals surface area (Å²) in [6, 6.07) is 11.0. The molecule has 4 aliphatic rings. The molecule has 1 saturated carbocycles. The predicted octanol–water partition coefficient (Wildman–Crippen LogP) is 4.63. The molecule has 8 nitrogen and oxygen atoms in total. The molecule has 0 radical (unpaired) electrons. The summed E-state index contributed by atoms with van der Waals surface area (Å²) in [5.74, 6) is 0.227. The van der Waals surface area contributed by atoms with Crippen LogP contribution in [0.1, 0.15) is 60.0 Å². The summed E-state index contributed by atoms with van der Waals surface area (Å²) in [5.41, 5.74) is 2.16. The number of benzene rings is 2. The van der Waals surface area contributed by atoms with Gasteiger partial charge in [0.1, 0.15) is 12.4 Å². The Kier molecular flexibility index (Phi) is 8.06. The number of nitrogens with one attached hydrogen (secondary N) is 1. The van der Waals surface area contributed by atoms with E-state index >= 15 is 0 Å². The summed E-state index contributed by atoms with van der Waals surface area (Å²) < 4.78 is 40.3. The molecule has 3 heterocycles. The first-order valence-corrected chi connectivity index (χ1v) is 16.6. The average molecular weight is 601 g/mol. The van der Waals surface area contributed by atoms with Crippen molar-refractivity contribution in [3.8, 4) is 5.75 Å². The lowest BCUT2D eigenvalue weighted by Crippen LogP contribution is -2.50. The highest BCUT2D eigenvalue weighted by atomic mass is 35.5. The molecule has 0 spiro atoms. The van der Waals surface area contributed by atoms with Crippen LogP contribution in [0.15, 0.2) is 48.6 Å². The van der Waals surface area contributed by atoms with Gasteiger partial charge in [0.2, 0.25) is 10.0 Å². The number of sulfonamides is 1. The van der Waals surface area contributed by atoms with E-state index in [1.165, 1.54) is 11.6 Å². The van der Waals surface area contributed by atoms with Gasteiger partial charge < -0.3 is 19.5 Å². The normalized spacial score (nSPS) is 30.7. The molecule has 2 aromatic carbocycles. The fourth-order valence-corrected chi connectivity index (χ4v) is 7.66. The van der Waals surface area contributed by atoms with Gasteiger partial charge >= 0.3 is 0 Å². The van der Waals surface area contributed by atoms with E-state index in [2.05, 4.69) is 9.62 Å². The van der Waals surface area contributed by atoms with Gasteiger partial charge in [0, 0.05) is 36.5 Å². The molecule has 10 heteroatoms. The number of carbonyl (C=O) groups excluding carboxylic acids is 1. The van der Waals surface area contributed by atoms with Crippen LogP contribution in [0.4, 0.5) is 5.69 Å². The van der Waals surface area contributed by atoms with E-state index in [1.54, 1.807) is 24.3 Å². The van der Waals surface area contributed by atoms with Crippen molar-refractivity contribution in [1.29, 1.82) is 0 Å². The minimum atomic E-state index is -3.95. The highest BCUT2D eigenvalue weighted by molar-refractivity contribution is 7.90. The van der Waals surface area contributed by atoms with Crippen LogP contribution in [-0.4, -0.2) is 56.6 Å². The third-order valence-corrected chi connectivity index (χ3v) is 10.4. The van der Waals surface area contributed by atoms with E-state index in [0.717, 1.165) is 56.4 Å². The smallest absolute Gasteiger partial charge is 0.264 e. The topological polar surface area (TPSA) is 105 Å². The van der Waals surface area contributed by atoms with Crippen molar-refractivity contribution in [2.24, 2.45) is 11.8 Å². The average Bonchev–Trinajstić information content (AvgIpc) is 2.93. The maximum Gasteiger partial charge on any atom is 0.264 e. The molecule has 2 N–H and O–H groups in total. The molecule has 41 heavy (non-hydrogen) atoms. The van der Waals surface area contributed by atoms with Gasteiger partial charge in [-0.15, -0.1) is 0 Å². The van der Waals surface area contributed by atoms with E-state index < -0.39 is 27.3 Å². The fraction of sp³-hybridized carbons (Fsp3) is 0.516. The van der Waals surface area contributed by atoms with Crippen molar-refractivity contribution >= 4 is 33.2 Å². The van der Waals surface area contributed by atoms with Gasteiger partial charge in [-0.25, -0.2) is 13.1 Å².